The lowest BCUT2D eigenvalue weighted by Gasteiger charge is -2.28. The second-order valence-electron chi connectivity index (χ2n) is 7.73. The van der Waals surface area contributed by atoms with Crippen LogP contribution in [-0.4, -0.2) is 30.1 Å². The van der Waals surface area contributed by atoms with Crippen LogP contribution in [0.5, 0.6) is 5.75 Å². The van der Waals surface area contributed by atoms with E-state index < -0.39 is 11.4 Å². The van der Waals surface area contributed by atoms with E-state index in [0.29, 0.717) is 12.2 Å². The van der Waals surface area contributed by atoms with Gasteiger partial charge in [-0.2, -0.15) is 0 Å². The number of aliphatic carboxylic acids is 1. The van der Waals surface area contributed by atoms with Gasteiger partial charge in [0.25, 0.3) is 0 Å². The van der Waals surface area contributed by atoms with Crippen molar-refractivity contribution in [1.82, 2.24) is 5.32 Å². The molecule has 1 aliphatic carbocycles. The molecular weight excluding hydrogens is 342 g/mol. The summed E-state index contributed by atoms with van der Waals surface area (Å²) in [6, 6.07) is 16.9. The topological polar surface area (TPSA) is 75.6 Å². The smallest absolute Gasteiger partial charge is 0.315 e. The minimum Gasteiger partial charge on any atom is -0.493 e. The molecule has 0 bridgehead atoms. The van der Waals surface area contributed by atoms with Crippen molar-refractivity contribution in [3.8, 4) is 5.75 Å². The predicted octanol–water partition coefficient (Wildman–Crippen LogP) is 2.89. The molecule has 2 aromatic carbocycles. The Bertz CT molecular complexity index is 881. The van der Waals surface area contributed by atoms with E-state index in [-0.39, 0.29) is 23.8 Å². The van der Waals surface area contributed by atoms with Gasteiger partial charge in [0, 0.05) is 23.4 Å². The quantitative estimate of drug-likeness (QED) is 0.854. The number of nitrogens with one attached hydrogen (secondary N) is 1. The van der Waals surface area contributed by atoms with Crippen molar-refractivity contribution in [3.05, 3.63) is 65.7 Å². The lowest BCUT2D eigenvalue weighted by atomic mass is 9.82. The number of carbonyl (C=O) groups excluding carboxylic acids is 1. The molecule has 3 atom stereocenters. The molecule has 1 amide bonds. The van der Waals surface area contributed by atoms with Crippen LogP contribution >= 0.6 is 0 Å². The van der Waals surface area contributed by atoms with Crippen LogP contribution in [0.15, 0.2) is 54.6 Å². The molecule has 2 aromatic rings. The fourth-order valence-corrected chi connectivity index (χ4v) is 4.20. The molecule has 1 unspecified atom stereocenters. The third kappa shape index (κ3) is 2.87. The molecule has 1 saturated carbocycles. The highest BCUT2D eigenvalue weighted by molar-refractivity contribution is 5.87. The number of benzene rings is 2. The molecule has 2 N–H and O–H groups in total. The second-order valence-corrected chi connectivity index (χ2v) is 7.73. The van der Waals surface area contributed by atoms with Crippen LogP contribution in [0, 0.1) is 5.92 Å². The van der Waals surface area contributed by atoms with Crippen LogP contribution < -0.4 is 10.1 Å². The summed E-state index contributed by atoms with van der Waals surface area (Å²) in [5, 5.41) is 12.7. The molecule has 0 radical (unpaired) electrons. The molecule has 1 fully saturated rings. The van der Waals surface area contributed by atoms with E-state index in [1.54, 1.807) is 19.1 Å². The molecule has 140 valence electrons. The van der Waals surface area contributed by atoms with Crippen LogP contribution in [0.4, 0.5) is 0 Å². The van der Waals surface area contributed by atoms with Crippen molar-refractivity contribution in [2.45, 2.75) is 30.6 Å². The van der Waals surface area contributed by atoms with Gasteiger partial charge in [-0.15, -0.1) is 0 Å². The van der Waals surface area contributed by atoms with Gasteiger partial charge in [-0.1, -0.05) is 48.5 Å². The number of carbonyl (C=O) groups is 2. The molecule has 1 aliphatic heterocycles. The van der Waals surface area contributed by atoms with E-state index in [9.17, 15) is 14.7 Å². The first-order valence-corrected chi connectivity index (χ1v) is 9.26. The maximum Gasteiger partial charge on any atom is 0.315 e. The van der Waals surface area contributed by atoms with Crippen molar-refractivity contribution >= 4 is 11.9 Å². The molecule has 1 spiro atoms. The number of hydrogen-bond acceptors (Lipinski definition) is 3. The van der Waals surface area contributed by atoms with Gasteiger partial charge in [0.15, 0.2) is 0 Å². The Labute approximate surface area is 158 Å². The molecule has 1 heterocycles. The van der Waals surface area contributed by atoms with Gasteiger partial charge in [-0.25, -0.2) is 0 Å². The van der Waals surface area contributed by atoms with Crippen LogP contribution in [0.3, 0.4) is 0 Å². The SMILES string of the molecule is CC(CNC(=O)[C@@H]1C[C@]12CCOc1ccccc12)(C(=O)O)c1ccccc1. The third-order valence-electron chi connectivity index (χ3n) is 6.12. The number of para-hydroxylation sites is 1. The fraction of sp³-hybridized carbons (Fsp3) is 0.364. The number of ether oxygens (including phenoxy) is 1. The normalized spacial score (nSPS) is 25.0. The fourth-order valence-electron chi connectivity index (χ4n) is 4.20. The van der Waals surface area contributed by atoms with Gasteiger partial charge in [-0.3, -0.25) is 9.59 Å². The molecule has 5 nitrogen and oxygen atoms in total. The minimum atomic E-state index is -1.16. The van der Waals surface area contributed by atoms with Gasteiger partial charge >= 0.3 is 5.97 Å². The van der Waals surface area contributed by atoms with Gasteiger partial charge < -0.3 is 15.2 Å². The first-order valence-electron chi connectivity index (χ1n) is 9.26. The predicted molar refractivity (Wildman–Crippen MR) is 101 cm³/mol. The maximum atomic E-state index is 12.8. The lowest BCUT2D eigenvalue weighted by molar-refractivity contribution is -0.143. The Hall–Kier alpha value is -2.82. The zero-order chi connectivity index (χ0) is 19.1. The Balaban J connectivity index is 1.49. The molecule has 27 heavy (non-hydrogen) atoms. The minimum absolute atomic E-state index is 0.0654. The monoisotopic (exact) mass is 365 g/mol. The molecule has 5 heteroatoms. The van der Waals surface area contributed by atoms with Gasteiger partial charge in [0.1, 0.15) is 11.2 Å². The van der Waals surface area contributed by atoms with Crippen LogP contribution in [0.25, 0.3) is 0 Å². The number of amides is 1. The number of carboxylic acids is 1. The Kier molecular flexibility index (Phi) is 4.17. The number of rotatable bonds is 5. The van der Waals surface area contributed by atoms with Crippen molar-refractivity contribution < 1.29 is 19.4 Å². The molecule has 2 aliphatic rings. The van der Waals surface area contributed by atoms with E-state index in [1.807, 2.05) is 42.5 Å². The number of hydrogen-bond donors (Lipinski definition) is 2. The summed E-state index contributed by atoms with van der Waals surface area (Å²) in [4.78, 5) is 24.8. The summed E-state index contributed by atoms with van der Waals surface area (Å²) in [6.45, 7) is 2.32. The number of fused-ring (bicyclic) bond motifs is 2. The Morgan fingerprint density at radius 1 is 1.19 bits per heavy atom. The van der Waals surface area contributed by atoms with E-state index in [1.165, 1.54) is 0 Å². The lowest BCUT2D eigenvalue weighted by Crippen LogP contribution is -2.45. The molecule has 0 aromatic heterocycles. The summed E-state index contributed by atoms with van der Waals surface area (Å²) >= 11 is 0. The zero-order valence-corrected chi connectivity index (χ0v) is 15.3. The largest absolute Gasteiger partial charge is 0.493 e. The molecular formula is C22H23NO4. The summed E-state index contributed by atoms with van der Waals surface area (Å²) in [7, 11) is 0. The van der Waals surface area contributed by atoms with E-state index in [4.69, 9.17) is 4.74 Å². The number of carboxylic acid groups (broad SMARTS) is 1. The highest BCUT2D eigenvalue weighted by Gasteiger charge is 2.61. The van der Waals surface area contributed by atoms with Crippen molar-refractivity contribution in [1.29, 1.82) is 0 Å². The summed E-state index contributed by atoms with van der Waals surface area (Å²) in [6.07, 6.45) is 1.60. The highest BCUT2D eigenvalue weighted by Crippen LogP contribution is 2.60. The van der Waals surface area contributed by atoms with Crippen molar-refractivity contribution in [2.75, 3.05) is 13.2 Å². The van der Waals surface area contributed by atoms with Gasteiger partial charge in [-0.05, 0) is 31.4 Å². The zero-order valence-electron chi connectivity index (χ0n) is 15.3. The first-order chi connectivity index (χ1) is 13.0. The van der Waals surface area contributed by atoms with Crippen LogP contribution in [-0.2, 0) is 20.4 Å². The Morgan fingerprint density at radius 3 is 2.63 bits per heavy atom. The van der Waals surface area contributed by atoms with E-state index in [2.05, 4.69) is 5.32 Å². The maximum absolute atomic E-state index is 12.8. The molecule has 0 saturated heterocycles. The second kappa shape index (κ2) is 6.41. The van der Waals surface area contributed by atoms with Crippen LogP contribution in [0.1, 0.15) is 30.9 Å². The first kappa shape index (κ1) is 17.6. The Morgan fingerprint density at radius 2 is 1.89 bits per heavy atom. The summed E-state index contributed by atoms with van der Waals surface area (Å²) < 4.78 is 5.72. The van der Waals surface area contributed by atoms with Crippen LogP contribution in [0.2, 0.25) is 0 Å². The highest BCUT2D eigenvalue weighted by atomic mass is 16.5. The standard InChI is InChI=1S/C22H23NO4/c1-21(20(25)26,15-7-3-2-4-8-15)14-23-19(24)17-13-22(17)11-12-27-18-10-6-5-9-16(18)22/h2-10,17H,11-14H2,1H3,(H,23,24)(H,25,26)/t17-,21?,22-/m0/s1. The molecule has 4 rings (SSSR count). The van der Waals surface area contributed by atoms with E-state index >= 15 is 0 Å². The summed E-state index contributed by atoms with van der Waals surface area (Å²) in [5.74, 6) is -0.291. The van der Waals surface area contributed by atoms with Gasteiger partial charge in [0.2, 0.25) is 5.91 Å². The van der Waals surface area contributed by atoms with Crippen molar-refractivity contribution in [2.24, 2.45) is 5.92 Å². The van der Waals surface area contributed by atoms with E-state index in [0.717, 1.165) is 24.2 Å². The van der Waals surface area contributed by atoms with Crippen molar-refractivity contribution in [3.63, 3.8) is 0 Å². The average Bonchev–Trinajstić information content (AvgIpc) is 3.41. The average molecular weight is 365 g/mol. The third-order valence-corrected chi connectivity index (χ3v) is 6.12. The van der Waals surface area contributed by atoms with Gasteiger partial charge in [0.05, 0.1) is 6.61 Å². The summed E-state index contributed by atoms with van der Waals surface area (Å²) in [5.41, 5.74) is 0.456.